The summed E-state index contributed by atoms with van der Waals surface area (Å²) in [5.74, 6) is 0.328. The van der Waals surface area contributed by atoms with E-state index in [9.17, 15) is 38.4 Å². The molecule has 0 radical (unpaired) electrons. The van der Waals surface area contributed by atoms with Crippen LogP contribution in [0, 0.1) is 23.7 Å². The van der Waals surface area contributed by atoms with Crippen LogP contribution in [0.4, 0.5) is 10.5 Å². The van der Waals surface area contributed by atoms with Crippen molar-refractivity contribution in [3.8, 4) is 0 Å². The number of methoxy groups -OCH3 is 2. The Bertz CT molecular complexity index is 2330. The molecule has 1 aliphatic rings. The molecule has 0 aliphatic carbocycles. The Kier molecular flexibility index (Phi) is 58.4. The quantitative estimate of drug-likeness (QED) is 0.0177. The first-order valence-corrected chi connectivity index (χ1v) is 36.7. The maximum Gasteiger partial charge on any atom is 0.312 e. The molecule has 25 nitrogen and oxygen atoms in total. The fourth-order valence-electron chi connectivity index (χ4n) is 10.2. The van der Waals surface area contributed by atoms with Crippen molar-refractivity contribution in [2.24, 2.45) is 35.1 Å². The lowest BCUT2D eigenvalue weighted by Gasteiger charge is -2.37. The fraction of sp³-hybridized carbons (Fsp3) is 0.768. The average molecular weight is 1490 g/mol. The number of primary amides is 1. The standard InChI is InChI=1S/C26H43N7O5.C13H28N2O2.C11H21NO2.C9H15Br2N3O.C7H15NO.C3H8/c1-17(23(38-3)22-7-5-13-33(22)16-34)24(35)32-20(15-27)14-18-8-10-19(11-9-18)31-25(36)21(29-2)6-4-12-30-26(28)37;1-7-10(3)13(11(8-2)17-6)15(5)12(16)9-14-4;1-4-5-6-7-11(14)12-10(8-13)9(2)3;1-2-4-15-5-3-14-12-8(6-10)9(7-11)13-14;1-6(2)7(5-9)8(3)4;1-3-2/h8-11,16-17,20-23,29H,4-7,12-15,27H2,1-3H3,(H,31,36)(H,32,35)(H3,28,30,37);10-11,13-14H,7-9H2,1-6H3;8-10H,4-7H2,1-3H3,(H,12,14);2-7H2,1H3;5-7H,1-4H3;3H2,1-2H3/t17?,20?,21-,22?,23?;;;;;/m0...../s1. The van der Waals surface area contributed by atoms with E-state index in [-0.39, 0.29) is 72.4 Å². The number of benzene rings is 1. The first-order valence-electron chi connectivity index (χ1n) is 34.5. The normalized spacial score (nSPS) is 15.2. The number of urea groups is 1. The number of nitrogens with two attached hydrogens (primary N) is 2. The lowest BCUT2D eigenvalue weighted by atomic mass is 9.91. The summed E-state index contributed by atoms with van der Waals surface area (Å²) in [6.07, 6.45) is 13.6. The van der Waals surface area contributed by atoms with E-state index in [1.165, 1.54) is 6.42 Å². The van der Waals surface area contributed by atoms with E-state index in [4.69, 9.17) is 25.7 Å². The molecule has 1 aromatic heterocycles. The molecule has 96 heavy (non-hydrogen) atoms. The Morgan fingerprint density at radius 3 is 1.83 bits per heavy atom. The van der Waals surface area contributed by atoms with E-state index >= 15 is 0 Å². The summed E-state index contributed by atoms with van der Waals surface area (Å²) in [7, 11) is 12.5. The Balaban J connectivity index is -0.00000124. The van der Waals surface area contributed by atoms with Gasteiger partial charge in [0.25, 0.3) is 0 Å². The van der Waals surface area contributed by atoms with Crippen molar-refractivity contribution in [2.75, 3.05) is 94.2 Å². The summed E-state index contributed by atoms with van der Waals surface area (Å²) >= 11 is 6.78. The number of carbonyl (C=O) groups is 8. The minimum absolute atomic E-state index is 0.00995. The molecule has 1 aromatic carbocycles. The number of nitrogens with zero attached hydrogens (tertiary/aromatic N) is 6. The van der Waals surface area contributed by atoms with E-state index < -0.39 is 24.1 Å². The first-order chi connectivity index (χ1) is 45.7. The average Bonchev–Trinajstić information content (AvgIpc) is 1.70. The van der Waals surface area contributed by atoms with Crippen molar-refractivity contribution < 1.29 is 52.6 Å². The number of carbonyl (C=O) groups excluding carboxylic acids is 8. The number of aldehydes is 2. The summed E-state index contributed by atoms with van der Waals surface area (Å²) in [5, 5.41) is 27.2. The lowest BCUT2D eigenvalue weighted by Crippen LogP contribution is -2.51. The molecule has 27 heteroatoms. The Labute approximate surface area is 594 Å². The second kappa shape index (κ2) is 58.9. The third-order valence-corrected chi connectivity index (χ3v) is 17.0. The van der Waals surface area contributed by atoms with Gasteiger partial charge in [0.15, 0.2) is 0 Å². The number of ether oxygens (including phenoxy) is 3. The van der Waals surface area contributed by atoms with Crippen LogP contribution in [0.1, 0.15) is 177 Å². The number of likely N-dealkylation sites (N-methyl/N-ethyl adjacent to an activating group) is 4. The molecule has 10 atom stereocenters. The van der Waals surface area contributed by atoms with Crippen molar-refractivity contribution in [3.05, 3.63) is 41.2 Å². The van der Waals surface area contributed by atoms with E-state index in [1.807, 2.05) is 89.8 Å². The van der Waals surface area contributed by atoms with Crippen molar-refractivity contribution in [1.29, 1.82) is 0 Å². The van der Waals surface area contributed by atoms with Crippen molar-refractivity contribution >= 4 is 86.2 Å². The predicted molar refractivity (Wildman–Crippen MR) is 394 cm³/mol. The topological polar surface area (TPSA) is 329 Å². The van der Waals surface area contributed by atoms with Crippen molar-refractivity contribution in [1.82, 2.24) is 56.3 Å². The van der Waals surface area contributed by atoms with Gasteiger partial charge in [-0.2, -0.15) is 15.0 Å². The van der Waals surface area contributed by atoms with Crippen LogP contribution in [0.3, 0.4) is 0 Å². The number of likely N-dealkylation sites (tertiary alicyclic amines) is 1. The second-order valence-electron chi connectivity index (χ2n) is 24.8. The smallest absolute Gasteiger partial charge is 0.312 e. The third-order valence-electron chi connectivity index (χ3n) is 15.9. The number of rotatable bonds is 41. The van der Waals surface area contributed by atoms with Gasteiger partial charge in [-0.3, -0.25) is 28.9 Å². The summed E-state index contributed by atoms with van der Waals surface area (Å²) < 4.78 is 16.5. The number of hydrogen-bond donors (Lipinski definition) is 8. The monoisotopic (exact) mass is 1490 g/mol. The van der Waals surface area contributed by atoms with Gasteiger partial charge in [0, 0.05) is 76.3 Å². The zero-order valence-electron chi connectivity index (χ0n) is 62.1. The van der Waals surface area contributed by atoms with Crippen LogP contribution in [0.2, 0.25) is 0 Å². The number of unbranched alkanes of at least 4 members (excludes halogenated alkanes) is 2. The Morgan fingerprint density at radius 1 is 0.792 bits per heavy atom. The van der Waals surface area contributed by atoms with Crippen LogP contribution in [-0.2, 0) is 71.4 Å². The van der Waals surface area contributed by atoms with Crippen LogP contribution in [0.5, 0.6) is 0 Å². The number of alkyl halides is 2. The lowest BCUT2D eigenvalue weighted by molar-refractivity contribution is -0.135. The van der Waals surface area contributed by atoms with Crippen LogP contribution >= 0.6 is 31.9 Å². The molecule has 10 N–H and O–H groups in total. The highest BCUT2D eigenvalue weighted by Gasteiger charge is 2.38. The maximum absolute atomic E-state index is 13.0. The van der Waals surface area contributed by atoms with Crippen LogP contribution in [0.25, 0.3) is 0 Å². The van der Waals surface area contributed by atoms with E-state index in [0.29, 0.717) is 76.0 Å². The van der Waals surface area contributed by atoms with Gasteiger partial charge in [0.05, 0.1) is 79.4 Å². The number of nitrogens with one attached hydrogen (secondary N) is 6. The zero-order valence-corrected chi connectivity index (χ0v) is 65.3. The largest absolute Gasteiger partial charge is 0.379 e. The summed E-state index contributed by atoms with van der Waals surface area (Å²) in [6.45, 7) is 28.5. The number of anilines is 1. The van der Waals surface area contributed by atoms with Crippen molar-refractivity contribution in [2.45, 2.75) is 232 Å². The second-order valence-corrected chi connectivity index (χ2v) is 25.9. The molecule has 556 valence electrons. The van der Waals surface area contributed by atoms with Gasteiger partial charge in [0.1, 0.15) is 12.6 Å². The SMILES string of the molecule is CC(C)C(C=O)N(C)C.CCC.CCC(C)C(C(CC)OC)N(C)C(=O)CNC.CCCCCC(=O)NC(C=O)C(C)C.CCCOCCn1nc(CBr)c(CBr)n1.CN[C@@H](CCCNC(N)=O)C(=O)Nc1ccc(CC(CN)NC(=O)C(C)C(OC)C2CCCN2C=O)cc1. The van der Waals surface area contributed by atoms with Gasteiger partial charge >= 0.3 is 6.03 Å². The molecule has 1 aliphatic heterocycles. The van der Waals surface area contributed by atoms with Crippen LogP contribution < -0.4 is 43.4 Å². The zero-order chi connectivity index (χ0) is 73.7. The van der Waals surface area contributed by atoms with Crippen molar-refractivity contribution in [3.63, 3.8) is 0 Å². The van der Waals surface area contributed by atoms with Gasteiger partial charge in [-0.15, -0.1) is 0 Å². The Morgan fingerprint density at radius 2 is 1.41 bits per heavy atom. The number of halogens is 2. The predicted octanol–water partition coefficient (Wildman–Crippen LogP) is 8.01. The van der Waals surface area contributed by atoms with Gasteiger partial charge in [0.2, 0.25) is 30.0 Å². The summed E-state index contributed by atoms with van der Waals surface area (Å²) in [5.41, 5.74) is 14.6. The van der Waals surface area contributed by atoms with E-state index in [1.54, 1.807) is 38.0 Å². The molecule has 1 saturated heterocycles. The summed E-state index contributed by atoms with van der Waals surface area (Å²) in [4.78, 5) is 99.1. The number of amides is 7. The van der Waals surface area contributed by atoms with E-state index in [2.05, 4.69) is 122 Å². The molecule has 0 saturated carbocycles. The molecule has 2 heterocycles. The molecular formula is C69H130Br2N14O11. The molecule has 7 amide bonds. The highest BCUT2D eigenvalue weighted by Crippen LogP contribution is 2.26. The highest BCUT2D eigenvalue weighted by atomic mass is 79.9. The Hall–Kier alpha value is -5.00. The summed E-state index contributed by atoms with van der Waals surface area (Å²) in [6, 6.07) is 5.88. The molecule has 2 aromatic rings. The fourth-order valence-corrected chi connectivity index (χ4v) is 11.1. The minimum atomic E-state index is -0.587. The molecule has 0 bridgehead atoms. The van der Waals surface area contributed by atoms with Gasteiger partial charge in [-0.05, 0) is 115 Å². The molecule has 3 rings (SSSR count). The van der Waals surface area contributed by atoms with E-state index in [0.717, 1.165) is 105 Å². The number of aromatic nitrogens is 3. The van der Waals surface area contributed by atoms with Gasteiger partial charge in [-0.1, -0.05) is 153 Å². The van der Waals surface area contributed by atoms with Crippen LogP contribution in [0.15, 0.2) is 24.3 Å². The molecular weight excluding hydrogens is 1360 g/mol. The number of hydrogen-bond acceptors (Lipinski definition) is 17. The first kappa shape index (κ1) is 95.2. The molecule has 0 spiro atoms. The minimum Gasteiger partial charge on any atom is -0.379 e. The maximum atomic E-state index is 13.0. The third kappa shape index (κ3) is 40.8. The van der Waals surface area contributed by atoms with Crippen LogP contribution in [-0.4, -0.2) is 216 Å². The van der Waals surface area contributed by atoms with Gasteiger partial charge in [-0.25, -0.2) is 4.79 Å². The molecule has 9 unspecified atom stereocenters. The highest BCUT2D eigenvalue weighted by molar-refractivity contribution is 9.09. The van der Waals surface area contributed by atoms with Gasteiger partial charge < -0.3 is 77.0 Å². The molecule has 1 fully saturated rings.